The average molecular weight is 290 g/mol. The van der Waals surface area contributed by atoms with Gasteiger partial charge in [0.1, 0.15) is 0 Å². The summed E-state index contributed by atoms with van der Waals surface area (Å²) in [6, 6.07) is 7.34. The molecule has 0 fully saturated rings. The lowest BCUT2D eigenvalue weighted by Gasteiger charge is -2.12. The molecule has 1 rings (SSSR count). The van der Waals surface area contributed by atoms with Crippen molar-refractivity contribution in [3.63, 3.8) is 0 Å². The van der Waals surface area contributed by atoms with E-state index in [9.17, 15) is 4.21 Å². The van der Waals surface area contributed by atoms with E-state index in [4.69, 9.17) is 28.5 Å². The molecule has 0 unspecified atom stereocenters. The molecular formula is C12H13Cl2NOS. The number of unbranched alkanes of at least 4 members (excludes halogenated alkanes) is 1. The fraction of sp³-hybridized carbons (Fsp3) is 0.417. The van der Waals surface area contributed by atoms with Gasteiger partial charge in [-0.1, -0.05) is 29.3 Å². The zero-order chi connectivity index (χ0) is 12.8. The van der Waals surface area contributed by atoms with E-state index in [1.807, 2.05) is 19.1 Å². The number of hydrogen-bond acceptors (Lipinski definition) is 2. The molecule has 0 radical (unpaired) electrons. The van der Waals surface area contributed by atoms with Crippen LogP contribution in [-0.4, -0.2) is 9.96 Å². The van der Waals surface area contributed by atoms with Crippen LogP contribution in [0.25, 0.3) is 0 Å². The van der Waals surface area contributed by atoms with E-state index in [0.29, 0.717) is 28.6 Å². The fourth-order valence-electron chi connectivity index (χ4n) is 1.39. The maximum Gasteiger partial charge on any atom is 0.0622 e. The summed E-state index contributed by atoms with van der Waals surface area (Å²) in [6.07, 6.45) is 1.11. The Kier molecular flexibility index (Phi) is 5.97. The maximum atomic E-state index is 11.9. The Morgan fingerprint density at radius 2 is 2.12 bits per heavy atom. The van der Waals surface area contributed by atoms with Gasteiger partial charge in [0.15, 0.2) is 0 Å². The monoisotopic (exact) mass is 289 g/mol. The first-order valence-corrected chi connectivity index (χ1v) is 7.39. The van der Waals surface area contributed by atoms with Crippen molar-refractivity contribution < 1.29 is 4.21 Å². The lowest BCUT2D eigenvalue weighted by Crippen LogP contribution is -2.06. The molecule has 0 aromatic heterocycles. The van der Waals surface area contributed by atoms with Gasteiger partial charge >= 0.3 is 0 Å². The molecule has 0 saturated heterocycles. The molecule has 1 aromatic rings. The van der Waals surface area contributed by atoms with Crippen LogP contribution in [0, 0.1) is 11.3 Å². The van der Waals surface area contributed by atoms with Crippen molar-refractivity contribution in [2.45, 2.75) is 25.0 Å². The third-order valence-electron chi connectivity index (χ3n) is 2.44. The normalized spacial score (nSPS) is 14.0. The zero-order valence-electron chi connectivity index (χ0n) is 9.45. The van der Waals surface area contributed by atoms with Gasteiger partial charge in [-0.15, -0.1) is 0 Å². The Bertz CT molecular complexity index is 456. The SMILES string of the molecule is C[C@@H](c1ccc(Cl)c(Cl)c1)[S@@](=O)CCCC#N. The highest BCUT2D eigenvalue weighted by atomic mass is 35.5. The second-order valence-electron chi connectivity index (χ2n) is 3.66. The Morgan fingerprint density at radius 3 is 2.71 bits per heavy atom. The van der Waals surface area contributed by atoms with Crippen LogP contribution in [0.15, 0.2) is 18.2 Å². The minimum Gasteiger partial charge on any atom is -0.259 e. The van der Waals surface area contributed by atoms with Gasteiger partial charge in [0.05, 0.1) is 21.4 Å². The van der Waals surface area contributed by atoms with Crippen LogP contribution < -0.4 is 0 Å². The van der Waals surface area contributed by atoms with Crippen LogP contribution in [0.1, 0.15) is 30.6 Å². The highest BCUT2D eigenvalue weighted by molar-refractivity contribution is 7.85. The van der Waals surface area contributed by atoms with Gasteiger partial charge in [-0.25, -0.2) is 0 Å². The first-order chi connectivity index (χ1) is 8.06. The summed E-state index contributed by atoms with van der Waals surface area (Å²) >= 11 is 11.7. The summed E-state index contributed by atoms with van der Waals surface area (Å²) < 4.78 is 11.9. The highest BCUT2D eigenvalue weighted by Gasteiger charge is 2.14. The Hall–Kier alpha value is -0.560. The second-order valence-corrected chi connectivity index (χ2v) is 6.35. The molecule has 0 bridgehead atoms. The molecule has 0 heterocycles. The molecule has 1 aromatic carbocycles. The van der Waals surface area contributed by atoms with Gasteiger partial charge in [-0.2, -0.15) is 5.26 Å². The largest absolute Gasteiger partial charge is 0.259 e. The average Bonchev–Trinajstić information content (AvgIpc) is 2.32. The van der Waals surface area contributed by atoms with Crippen molar-refractivity contribution in [1.29, 1.82) is 5.26 Å². The van der Waals surface area contributed by atoms with Crippen LogP contribution in [-0.2, 0) is 10.8 Å². The van der Waals surface area contributed by atoms with Crippen molar-refractivity contribution in [3.8, 4) is 6.07 Å². The molecule has 0 amide bonds. The van der Waals surface area contributed by atoms with Crippen molar-refractivity contribution in [2.24, 2.45) is 0 Å². The molecule has 0 spiro atoms. The summed E-state index contributed by atoms with van der Waals surface area (Å²) in [5.41, 5.74) is 0.912. The van der Waals surface area contributed by atoms with Crippen LogP contribution in [0.4, 0.5) is 0 Å². The highest BCUT2D eigenvalue weighted by Crippen LogP contribution is 2.28. The Labute approximate surface area is 114 Å². The lowest BCUT2D eigenvalue weighted by molar-refractivity contribution is 0.673. The van der Waals surface area contributed by atoms with Crippen molar-refractivity contribution >= 4 is 34.0 Å². The molecule has 0 aliphatic carbocycles. The van der Waals surface area contributed by atoms with E-state index >= 15 is 0 Å². The standard InChI is InChI=1S/C12H13Cl2NOS/c1-9(17(16)7-3-2-6-15)10-4-5-11(13)12(14)8-10/h4-5,8-9H,2-3,7H2,1H3/t9-,17-/m0/s1. The van der Waals surface area contributed by atoms with Gasteiger partial charge in [0.25, 0.3) is 0 Å². The van der Waals surface area contributed by atoms with E-state index in [2.05, 4.69) is 0 Å². The molecule has 2 atom stereocenters. The van der Waals surface area contributed by atoms with Crippen LogP contribution in [0.2, 0.25) is 10.0 Å². The lowest BCUT2D eigenvalue weighted by atomic mass is 10.2. The van der Waals surface area contributed by atoms with Crippen molar-refractivity contribution in [2.75, 3.05) is 5.75 Å². The number of hydrogen-bond donors (Lipinski definition) is 0. The predicted octanol–water partition coefficient (Wildman–Crippen LogP) is 4.11. The molecule has 0 aliphatic heterocycles. The van der Waals surface area contributed by atoms with Crippen LogP contribution in [0.3, 0.4) is 0 Å². The Balaban J connectivity index is 2.68. The molecule has 92 valence electrons. The first-order valence-electron chi connectivity index (χ1n) is 5.25. The predicted molar refractivity (Wildman–Crippen MR) is 72.7 cm³/mol. The number of nitrogens with zero attached hydrogens (tertiary/aromatic N) is 1. The Morgan fingerprint density at radius 1 is 1.41 bits per heavy atom. The fourth-order valence-corrected chi connectivity index (χ4v) is 2.93. The van der Waals surface area contributed by atoms with Crippen LogP contribution in [0.5, 0.6) is 0 Å². The smallest absolute Gasteiger partial charge is 0.0622 e. The number of rotatable bonds is 5. The van der Waals surface area contributed by atoms with E-state index in [-0.39, 0.29) is 5.25 Å². The topological polar surface area (TPSA) is 40.9 Å². The van der Waals surface area contributed by atoms with Crippen molar-refractivity contribution in [3.05, 3.63) is 33.8 Å². The molecule has 17 heavy (non-hydrogen) atoms. The number of benzene rings is 1. The summed E-state index contributed by atoms with van der Waals surface area (Å²) in [4.78, 5) is 0. The maximum absolute atomic E-state index is 11.9. The first kappa shape index (κ1) is 14.5. The third kappa shape index (κ3) is 4.31. The van der Waals surface area contributed by atoms with E-state index in [0.717, 1.165) is 5.56 Å². The number of halogens is 2. The molecule has 0 saturated carbocycles. The van der Waals surface area contributed by atoms with E-state index in [1.54, 1.807) is 12.1 Å². The van der Waals surface area contributed by atoms with Crippen LogP contribution >= 0.6 is 23.2 Å². The second kappa shape index (κ2) is 7.00. The third-order valence-corrected chi connectivity index (χ3v) is 4.93. The van der Waals surface area contributed by atoms with Gasteiger partial charge in [0.2, 0.25) is 0 Å². The summed E-state index contributed by atoms with van der Waals surface area (Å²) in [5.74, 6) is 0.537. The van der Waals surface area contributed by atoms with Gasteiger partial charge < -0.3 is 0 Å². The minimum absolute atomic E-state index is 0.0940. The minimum atomic E-state index is -0.985. The van der Waals surface area contributed by atoms with E-state index < -0.39 is 10.8 Å². The quantitative estimate of drug-likeness (QED) is 0.766. The van der Waals surface area contributed by atoms with Gasteiger partial charge in [-0.3, -0.25) is 4.21 Å². The van der Waals surface area contributed by atoms with Gasteiger partial charge in [-0.05, 0) is 31.0 Å². The summed E-state index contributed by atoms with van der Waals surface area (Å²) in [5, 5.41) is 9.30. The summed E-state index contributed by atoms with van der Waals surface area (Å²) in [7, 11) is -0.985. The zero-order valence-corrected chi connectivity index (χ0v) is 11.8. The summed E-state index contributed by atoms with van der Waals surface area (Å²) in [6.45, 7) is 1.89. The number of nitriles is 1. The molecule has 0 aliphatic rings. The van der Waals surface area contributed by atoms with Gasteiger partial charge in [0, 0.05) is 23.0 Å². The molecular weight excluding hydrogens is 277 g/mol. The molecule has 5 heteroatoms. The van der Waals surface area contributed by atoms with Crippen molar-refractivity contribution in [1.82, 2.24) is 0 Å². The molecule has 0 N–H and O–H groups in total. The van der Waals surface area contributed by atoms with E-state index in [1.165, 1.54) is 0 Å². The molecule has 2 nitrogen and oxygen atoms in total.